The maximum absolute atomic E-state index is 9.27. The molecule has 0 saturated carbocycles. The van der Waals surface area contributed by atoms with E-state index in [1.807, 2.05) is 6.07 Å². The highest BCUT2D eigenvalue weighted by Crippen LogP contribution is 2.29. The third kappa shape index (κ3) is 2.43. The number of aromatic nitrogens is 3. The van der Waals surface area contributed by atoms with E-state index in [4.69, 9.17) is 5.26 Å². The number of hydrogen-bond acceptors (Lipinski definition) is 8. The summed E-state index contributed by atoms with van der Waals surface area (Å²) in [6.45, 7) is 0. The molecule has 0 saturated heterocycles. The zero-order chi connectivity index (χ0) is 16.5. The molecule has 0 atom stereocenters. The summed E-state index contributed by atoms with van der Waals surface area (Å²) in [6, 6.07) is 13.9. The van der Waals surface area contributed by atoms with E-state index < -0.39 is 0 Å². The molecule has 2 aromatic carbocycles. The van der Waals surface area contributed by atoms with Gasteiger partial charge in [0.05, 0.1) is 16.9 Å². The molecule has 0 amide bonds. The van der Waals surface area contributed by atoms with Crippen molar-refractivity contribution < 1.29 is 5.11 Å². The lowest BCUT2D eigenvalue weighted by Gasteiger charge is -1.99. The summed E-state index contributed by atoms with van der Waals surface area (Å²) in [7, 11) is 0. The van der Waals surface area contributed by atoms with Gasteiger partial charge in [-0.15, -0.1) is 10.2 Å². The topological polar surface area (TPSA) is 107 Å². The first-order chi connectivity index (χ1) is 11.7. The second-order valence-corrected chi connectivity index (χ2v) is 5.71. The highest BCUT2D eigenvalue weighted by atomic mass is 32.1. The Balaban J connectivity index is 1.79. The first-order valence-corrected chi connectivity index (χ1v) is 7.68. The number of hydrogen-bond donors (Lipinski definition) is 1. The number of azo groups is 1. The molecular weight excluding hydrogens is 324 g/mol. The molecule has 24 heavy (non-hydrogen) atoms. The highest BCUT2D eigenvalue weighted by Gasteiger charge is 2.12. The summed E-state index contributed by atoms with van der Waals surface area (Å²) < 4.78 is 4.30. The van der Waals surface area contributed by atoms with Crippen molar-refractivity contribution in [3.63, 3.8) is 0 Å². The minimum atomic E-state index is 0.178. The second-order valence-electron chi connectivity index (χ2n) is 4.94. The van der Waals surface area contributed by atoms with Crippen LogP contribution in [0.4, 0.5) is 11.4 Å². The van der Waals surface area contributed by atoms with Crippen LogP contribution in [0.5, 0.6) is 5.75 Å². The summed E-state index contributed by atoms with van der Waals surface area (Å²) in [5.41, 5.74) is 3.09. The molecule has 0 aliphatic heterocycles. The molecule has 4 rings (SSSR count). The Kier molecular flexibility index (Phi) is 3.33. The van der Waals surface area contributed by atoms with E-state index in [0.717, 1.165) is 16.9 Å². The van der Waals surface area contributed by atoms with Gasteiger partial charge in [0.25, 0.3) is 0 Å². The SMILES string of the molecule is N#Cc1snc2c1nnc1ccc(N=Nc3ccc(O)cc3)cc12. The molecule has 114 valence electrons. The standard InChI is InChI=1S/C16H8N6OS/c17-8-14-16-15(22-24-14)12-7-10(3-6-13(12)20-21-16)19-18-9-1-4-11(23)5-2-9/h1-7,23H. The predicted octanol–water partition coefficient (Wildman–Crippen LogP) is 4.23. The molecule has 4 aromatic rings. The summed E-state index contributed by atoms with van der Waals surface area (Å²) in [5, 5.41) is 35.7. The smallest absolute Gasteiger partial charge is 0.153 e. The van der Waals surface area contributed by atoms with E-state index in [2.05, 4.69) is 30.9 Å². The quantitative estimate of drug-likeness (QED) is 0.553. The van der Waals surface area contributed by atoms with Gasteiger partial charge in [0, 0.05) is 5.39 Å². The third-order valence-electron chi connectivity index (χ3n) is 3.39. The van der Waals surface area contributed by atoms with Gasteiger partial charge in [0.2, 0.25) is 0 Å². The van der Waals surface area contributed by atoms with Crippen LogP contribution in [0.15, 0.2) is 52.7 Å². The highest BCUT2D eigenvalue weighted by molar-refractivity contribution is 7.07. The molecule has 2 heterocycles. The van der Waals surface area contributed by atoms with Gasteiger partial charge >= 0.3 is 0 Å². The number of phenols is 1. The van der Waals surface area contributed by atoms with Crippen LogP contribution in [0, 0.1) is 11.3 Å². The molecule has 2 aromatic heterocycles. The number of benzene rings is 2. The Labute approximate surface area is 139 Å². The van der Waals surface area contributed by atoms with Crippen LogP contribution in [-0.4, -0.2) is 19.7 Å². The van der Waals surface area contributed by atoms with E-state index >= 15 is 0 Å². The largest absolute Gasteiger partial charge is 0.508 e. The number of aromatic hydroxyl groups is 1. The number of phenolic OH excluding ortho intramolecular Hbond substituents is 1. The molecular formula is C16H8N6OS. The van der Waals surface area contributed by atoms with Gasteiger partial charge in [-0.2, -0.15) is 19.9 Å². The van der Waals surface area contributed by atoms with Crippen molar-refractivity contribution in [2.45, 2.75) is 0 Å². The van der Waals surface area contributed by atoms with Gasteiger partial charge in [0.15, 0.2) is 4.88 Å². The number of fused-ring (bicyclic) bond motifs is 3. The van der Waals surface area contributed by atoms with Crippen LogP contribution in [0.25, 0.3) is 21.9 Å². The molecule has 8 heteroatoms. The molecule has 0 aliphatic carbocycles. The van der Waals surface area contributed by atoms with Gasteiger partial charge in [-0.3, -0.25) is 0 Å². The molecule has 0 bridgehead atoms. The summed E-state index contributed by atoms with van der Waals surface area (Å²) in [4.78, 5) is 0.440. The lowest BCUT2D eigenvalue weighted by molar-refractivity contribution is 0.475. The lowest BCUT2D eigenvalue weighted by Crippen LogP contribution is -1.86. The van der Waals surface area contributed by atoms with Gasteiger partial charge in [-0.1, -0.05) is 0 Å². The normalized spacial score (nSPS) is 11.3. The molecule has 0 spiro atoms. The van der Waals surface area contributed by atoms with Gasteiger partial charge < -0.3 is 5.11 Å². The Bertz CT molecular complexity index is 1130. The monoisotopic (exact) mass is 332 g/mol. The molecule has 0 unspecified atom stereocenters. The van der Waals surface area contributed by atoms with E-state index in [9.17, 15) is 5.11 Å². The average Bonchev–Trinajstić information content (AvgIpc) is 3.04. The second kappa shape index (κ2) is 5.64. The third-order valence-corrected chi connectivity index (χ3v) is 4.13. The molecule has 0 fully saturated rings. The summed E-state index contributed by atoms with van der Waals surface area (Å²) in [6.07, 6.45) is 0. The van der Waals surface area contributed by atoms with Gasteiger partial charge in [0.1, 0.15) is 22.9 Å². The van der Waals surface area contributed by atoms with Crippen LogP contribution < -0.4 is 0 Å². The molecule has 1 N–H and O–H groups in total. The minimum Gasteiger partial charge on any atom is -0.508 e. The fourth-order valence-electron chi connectivity index (χ4n) is 2.23. The van der Waals surface area contributed by atoms with Crippen molar-refractivity contribution in [1.82, 2.24) is 14.6 Å². The molecule has 0 radical (unpaired) electrons. The van der Waals surface area contributed by atoms with Crippen molar-refractivity contribution in [3.05, 3.63) is 47.3 Å². The van der Waals surface area contributed by atoms with E-state index in [0.29, 0.717) is 32.8 Å². The lowest BCUT2D eigenvalue weighted by atomic mass is 10.2. The van der Waals surface area contributed by atoms with E-state index in [1.165, 1.54) is 0 Å². The summed E-state index contributed by atoms with van der Waals surface area (Å²) >= 11 is 1.10. The maximum Gasteiger partial charge on any atom is 0.153 e. The molecule has 7 nitrogen and oxygen atoms in total. The van der Waals surface area contributed by atoms with Crippen molar-refractivity contribution in [2.75, 3.05) is 0 Å². The summed E-state index contributed by atoms with van der Waals surface area (Å²) in [5.74, 6) is 0.178. The Hall–Kier alpha value is -3.44. The fraction of sp³-hybridized carbons (Fsp3) is 0. The first kappa shape index (κ1) is 14.2. The van der Waals surface area contributed by atoms with Crippen molar-refractivity contribution >= 4 is 44.8 Å². The average molecular weight is 332 g/mol. The van der Waals surface area contributed by atoms with Crippen LogP contribution in [0.3, 0.4) is 0 Å². The number of nitrogens with zero attached hydrogens (tertiary/aromatic N) is 6. The van der Waals surface area contributed by atoms with Crippen molar-refractivity contribution in [3.8, 4) is 11.8 Å². The van der Waals surface area contributed by atoms with E-state index in [-0.39, 0.29) is 5.75 Å². The Morgan fingerprint density at radius 1 is 0.958 bits per heavy atom. The zero-order valence-corrected chi connectivity index (χ0v) is 12.9. The van der Waals surface area contributed by atoms with Crippen LogP contribution >= 0.6 is 11.5 Å². The van der Waals surface area contributed by atoms with E-state index in [1.54, 1.807) is 36.4 Å². The van der Waals surface area contributed by atoms with Crippen molar-refractivity contribution in [2.24, 2.45) is 10.2 Å². The first-order valence-electron chi connectivity index (χ1n) is 6.91. The fourth-order valence-corrected chi connectivity index (χ4v) is 2.86. The predicted molar refractivity (Wildman–Crippen MR) is 89.7 cm³/mol. The number of rotatable bonds is 2. The van der Waals surface area contributed by atoms with Gasteiger partial charge in [-0.05, 0) is 54.0 Å². The Morgan fingerprint density at radius 2 is 1.71 bits per heavy atom. The zero-order valence-electron chi connectivity index (χ0n) is 12.1. The van der Waals surface area contributed by atoms with Crippen molar-refractivity contribution in [1.29, 1.82) is 5.26 Å². The Morgan fingerprint density at radius 3 is 2.50 bits per heavy atom. The maximum atomic E-state index is 9.27. The molecule has 0 aliphatic rings. The van der Waals surface area contributed by atoms with Gasteiger partial charge in [-0.25, -0.2) is 0 Å². The van der Waals surface area contributed by atoms with Crippen LogP contribution in [0.1, 0.15) is 4.88 Å². The van der Waals surface area contributed by atoms with Crippen LogP contribution in [-0.2, 0) is 0 Å². The minimum absolute atomic E-state index is 0.178. The number of nitriles is 1. The van der Waals surface area contributed by atoms with Crippen LogP contribution in [0.2, 0.25) is 0 Å².